The van der Waals surface area contributed by atoms with E-state index >= 15 is 0 Å². The van der Waals surface area contributed by atoms with Crippen molar-refractivity contribution in [1.29, 1.82) is 0 Å². The molecule has 0 aromatic heterocycles. The number of nitrogens with zero attached hydrogens (tertiary/aromatic N) is 1. The predicted octanol–water partition coefficient (Wildman–Crippen LogP) is 1.27. The van der Waals surface area contributed by atoms with E-state index in [9.17, 15) is 18.5 Å². The molecule has 0 bridgehead atoms. The van der Waals surface area contributed by atoms with Crippen LogP contribution in [0.1, 0.15) is 19.8 Å². The first-order chi connectivity index (χ1) is 9.81. The predicted molar refractivity (Wildman–Crippen MR) is 78.4 cm³/mol. The molecule has 1 unspecified atom stereocenters. The van der Waals surface area contributed by atoms with Crippen LogP contribution < -0.4 is 10.5 Å². The van der Waals surface area contributed by atoms with Crippen molar-refractivity contribution >= 4 is 21.4 Å². The first kappa shape index (κ1) is 17.3. The Bertz CT molecular complexity index is 597. The van der Waals surface area contributed by atoms with Gasteiger partial charge in [0.05, 0.1) is 17.2 Å². The molecule has 118 valence electrons. The van der Waals surface area contributed by atoms with Crippen LogP contribution in [0.3, 0.4) is 0 Å². The first-order valence-electron chi connectivity index (χ1n) is 6.37. The van der Waals surface area contributed by atoms with Crippen LogP contribution in [0.25, 0.3) is 0 Å². The number of rotatable bonds is 8. The van der Waals surface area contributed by atoms with Crippen molar-refractivity contribution in [3.63, 3.8) is 0 Å². The molecular weight excluding hydrogens is 298 g/mol. The zero-order valence-electron chi connectivity index (χ0n) is 11.9. The topological polar surface area (TPSA) is 125 Å². The molecule has 0 saturated heterocycles. The van der Waals surface area contributed by atoms with Crippen LogP contribution in [0.15, 0.2) is 23.1 Å². The molecule has 21 heavy (non-hydrogen) atoms. The first-order valence-corrected chi connectivity index (χ1v) is 7.85. The van der Waals surface area contributed by atoms with Gasteiger partial charge in [-0.1, -0.05) is 13.3 Å². The number of nitrogen functional groups attached to an aromatic ring is 1. The highest BCUT2D eigenvalue weighted by Gasteiger charge is 2.24. The molecular formula is C12H19N3O5S. The van der Waals surface area contributed by atoms with E-state index in [0.29, 0.717) is 6.42 Å². The molecule has 1 aromatic carbocycles. The third-order valence-corrected chi connectivity index (χ3v) is 4.40. The lowest BCUT2D eigenvalue weighted by atomic mass is 10.2. The maximum absolute atomic E-state index is 12.3. The molecule has 0 radical (unpaired) electrons. The van der Waals surface area contributed by atoms with Crippen molar-refractivity contribution in [3.8, 4) is 0 Å². The molecule has 0 spiro atoms. The summed E-state index contributed by atoms with van der Waals surface area (Å²) in [5.74, 6) is 0. The summed E-state index contributed by atoms with van der Waals surface area (Å²) in [6.45, 7) is 2.13. The van der Waals surface area contributed by atoms with Gasteiger partial charge in [-0.25, -0.2) is 13.1 Å². The average Bonchev–Trinajstić information content (AvgIpc) is 2.38. The van der Waals surface area contributed by atoms with Gasteiger partial charge in [-0.05, 0) is 12.5 Å². The van der Waals surface area contributed by atoms with Crippen molar-refractivity contribution < 1.29 is 18.1 Å². The van der Waals surface area contributed by atoms with Gasteiger partial charge in [0, 0.05) is 25.3 Å². The number of nitro groups is 1. The normalized spacial score (nSPS) is 13.0. The second-order valence-corrected chi connectivity index (χ2v) is 6.22. The van der Waals surface area contributed by atoms with Gasteiger partial charge < -0.3 is 10.5 Å². The molecule has 0 aliphatic rings. The number of benzene rings is 1. The molecule has 0 fully saturated rings. The fourth-order valence-electron chi connectivity index (χ4n) is 1.88. The molecule has 0 saturated carbocycles. The molecule has 1 aromatic rings. The molecule has 0 aliphatic heterocycles. The fourth-order valence-corrected chi connectivity index (χ4v) is 3.28. The molecule has 8 nitrogen and oxygen atoms in total. The number of hydrogen-bond acceptors (Lipinski definition) is 6. The Balaban J connectivity index is 3.11. The quantitative estimate of drug-likeness (QED) is 0.422. The van der Waals surface area contributed by atoms with E-state index in [1.54, 1.807) is 0 Å². The minimum Gasteiger partial charge on any atom is -0.398 e. The highest BCUT2D eigenvalue weighted by Crippen LogP contribution is 2.24. The fraction of sp³-hybridized carbons (Fsp3) is 0.500. The van der Waals surface area contributed by atoms with Gasteiger partial charge >= 0.3 is 0 Å². The van der Waals surface area contributed by atoms with Gasteiger partial charge in [0.1, 0.15) is 4.90 Å². The summed E-state index contributed by atoms with van der Waals surface area (Å²) in [6, 6.07) is 2.90. The van der Waals surface area contributed by atoms with Crippen LogP contribution >= 0.6 is 0 Å². The van der Waals surface area contributed by atoms with Gasteiger partial charge in [0.2, 0.25) is 10.0 Å². The van der Waals surface area contributed by atoms with E-state index in [0.717, 1.165) is 18.6 Å². The number of nitrogens with two attached hydrogens (primary N) is 1. The Kier molecular flexibility index (Phi) is 6.06. The summed E-state index contributed by atoms with van der Waals surface area (Å²) in [4.78, 5) is 9.78. The summed E-state index contributed by atoms with van der Waals surface area (Å²) in [7, 11) is -2.48. The van der Waals surface area contributed by atoms with E-state index in [1.165, 1.54) is 13.2 Å². The third kappa shape index (κ3) is 4.66. The van der Waals surface area contributed by atoms with Crippen molar-refractivity contribution in [3.05, 3.63) is 28.3 Å². The Labute approximate surface area is 123 Å². The lowest BCUT2D eigenvalue weighted by molar-refractivity contribution is -0.385. The van der Waals surface area contributed by atoms with Crippen LogP contribution in [0.5, 0.6) is 0 Å². The number of nitro benzene ring substituents is 1. The van der Waals surface area contributed by atoms with E-state index < -0.39 is 21.0 Å². The SMILES string of the molecule is CCCC(COC)NS(=O)(=O)c1cc([N+](=O)[O-])ccc1N. The maximum atomic E-state index is 12.3. The number of ether oxygens (including phenoxy) is 1. The van der Waals surface area contributed by atoms with Crippen LogP contribution in [0.2, 0.25) is 0 Å². The standard InChI is InChI=1S/C12H19N3O5S/c1-3-4-9(8-20-2)14-21(18,19)12-7-10(15(16)17)5-6-11(12)13/h5-7,9,14H,3-4,8,13H2,1-2H3. The largest absolute Gasteiger partial charge is 0.398 e. The molecule has 1 rings (SSSR count). The molecule has 0 heterocycles. The number of anilines is 1. The van der Waals surface area contributed by atoms with Crippen molar-refractivity contribution in [1.82, 2.24) is 4.72 Å². The molecule has 3 N–H and O–H groups in total. The van der Waals surface area contributed by atoms with Crippen molar-refractivity contribution in [2.24, 2.45) is 0 Å². The second-order valence-electron chi connectivity index (χ2n) is 4.54. The summed E-state index contributed by atoms with van der Waals surface area (Å²) in [6.07, 6.45) is 1.35. The Morgan fingerprint density at radius 2 is 2.14 bits per heavy atom. The minimum absolute atomic E-state index is 0.0410. The van der Waals surface area contributed by atoms with E-state index in [2.05, 4.69) is 4.72 Å². The van der Waals surface area contributed by atoms with Crippen LogP contribution in [-0.4, -0.2) is 33.1 Å². The number of non-ortho nitro benzene ring substituents is 1. The van der Waals surface area contributed by atoms with Gasteiger partial charge in [-0.3, -0.25) is 10.1 Å². The zero-order chi connectivity index (χ0) is 16.0. The van der Waals surface area contributed by atoms with Gasteiger partial charge in [0.15, 0.2) is 0 Å². The Hall–Kier alpha value is -1.71. The molecule has 9 heteroatoms. The lowest BCUT2D eigenvalue weighted by Crippen LogP contribution is -2.38. The van der Waals surface area contributed by atoms with Gasteiger partial charge in [0.25, 0.3) is 5.69 Å². The Morgan fingerprint density at radius 3 is 2.67 bits per heavy atom. The van der Waals surface area contributed by atoms with E-state index in [4.69, 9.17) is 10.5 Å². The summed E-state index contributed by atoms with van der Waals surface area (Å²) >= 11 is 0. The van der Waals surface area contributed by atoms with Gasteiger partial charge in [-0.2, -0.15) is 0 Å². The molecule has 0 aliphatic carbocycles. The second kappa shape index (κ2) is 7.34. The summed E-state index contributed by atoms with van der Waals surface area (Å²) < 4.78 is 32.1. The maximum Gasteiger partial charge on any atom is 0.270 e. The van der Waals surface area contributed by atoms with Crippen LogP contribution in [0, 0.1) is 10.1 Å². The molecule has 1 atom stereocenters. The average molecular weight is 317 g/mol. The van der Waals surface area contributed by atoms with Crippen molar-refractivity contribution in [2.75, 3.05) is 19.5 Å². The smallest absolute Gasteiger partial charge is 0.270 e. The monoisotopic (exact) mass is 317 g/mol. The van der Waals surface area contributed by atoms with Crippen LogP contribution in [0.4, 0.5) is 11.4 Å². The highest BCUT2D eigenvalue weighted by molar-refractivity contribution is 7.89. The zero-order valence-corrected chi connectivity index (χ0v) is 12.7. The minimum atomic E-state index is -3.95. The third-order valence-electron chi connectivity index (χ3n) is 2.82. The number of sulfonamides is 1. The summed E-state index contributed by atoms with van der Waals surface area (Å²) in [5, 5.41) is 10.7. The summed E-state index contributed by atoms with van der Waals surface area (Å²) in [5.41, 5.74) is 5.26. The van der Waals surface area contributed by atoms with E-state index in [-0.39, 0.29) is 22.9 Å². The highest BCUT2D eigenvalue weighted by atomic mass is 32.2. The van der Waals surface area contributed by atoms with Gasteiger partial charge in [-0.15, -0.1) is 0 Å². The van der Waals surface area contributed by atoms with Crippen LogP contribution in [-0.2, 0) is 14.8 Å². The van der Waals surface area contributed by atoms with Crippen molar-refractivity contribution in [2.45, 2.75) is 30.7 Å². The molecule has 0 amide bonds. The number of nitrogens with one attached hydrogen (secondary N) is 1. The number of hydrogen-bond donors (Lipinski definition) is 2. The lowest BCUT2D eigenvalue weighted by Gasteiger charge is -2.17. The van der Waals surface area contributed by atoms with E-state index in [1.807, 2.05) is 6.92 Å². The Morgan fingerprint density at radius 1 is 1.48 bits per heavy atom. The number of methoxy groups -OCH3 is 1.